The Kier molecular flexibility index (Phi) is 5.95. The topological polar surface area (TPSA) is 112 Å². The first-order valence-corrected chi connectivity index (χ1v) is 10.3. The number of carbonyl (C=O) groups is 2. The molecule has 2 heterocycles. The largest absolute Gasteiger partial charge is 0.497 e. The number of benzene rings is 2. The third kappa shape index (κ3) is 4.65. The zero-order chi connectivity index (χ0) is 22.7. The third-order valence-corrected chi connectivity index (χ3v) is 5.26. The Balaban J connectivity index is 1.44. The van der Waals surface area contributed by atoms with Crippen molar-refractivity contribution in [3.05, 3.63) is 86.8 Å². The summed E-state index contributed by atoms with van der Waals surface area (Å²) in [5.41, 5.74) is 1.09. The normalized spacial score (nSPS) is 10.7. The minimum absolute atomic E-state index is 0.165. The van der Waals surface area contributed by atoms with E-state index in [-0.39, 0.29) is 23.6 Å². The number of hydrogen-bond acceptors (Lipinski definition) is 8. The van der Waals surface area contributed by atoms with Crippen molar-refractivity contribution in [2.45, 2.75) is 13.5 Å². The Hall–Kier alpha value is -4.05. The molecule has 0 fully saturated rings. The second-order valence-electron chi connectivity index (χ2n) is 6.74. The molecule has 0 saturated carbocycles. The van der Waals surface area contributed by atoms with Crippen LogP contribution in [0.5, 0.6) is 5.75 Å². The van der Waals surface area contributed by atoms with Gasteiger partial charge in [0, 0.05) is 17.3 Å². The van der Waals surface area contributed by atoms with Crippen molar-refractivity contribution >= 4 is 33.9 Å². The van der Waals surface area contributed by atoms with Crippen molar-refractivity contribution in [1.82, 2.24) is 14.6 Å². The molecule has 0 radical (unpaired) electrons. The smallest absolute Gasteiger partial charge is 0.338 e. The molecule has 0 atom stereocenters. The van der Waals surface area contributed by atoms with Crippen LogP contribution in [-0.2, 0) is 11.3 Å². The summed E-state index contributed by atoms with van der Waals surface area (Å²) in [6, 6.07) is 14.4. The lowest BCUT2D eigenvalue weighted by Crippen LogP contribution is -2.16. The standard InChI is InChI=1S/C22H18N4O5S/c1-13-25-26-19(27)11-17(24-22(26)32-13)12-31-21(29)15-6-3-7-16(9-15)23-20(28)14-5-4-8-18(10-14)30-2/h3-11H,12H2,1-2H3,(H,23,28). The van der Waals surface area contributed by atoms with Crippen LogP contribution >= 0.6 is 11.3 Å². The molecule has 1 N–H and O–H groups in total. The fraction of sp³-hybridized carbons (Fsp3) is 0.136. The van der Waals surface area contributed by atoms with E-state index in [1.807, 2.05) is 0 Å². The highest BCUT2D eigenvalue weighted by atomic mass is 32.1. The van der Waals surface area contributed by atoms with E-state index < -0.39 is 5.97 Å². The van der Waals surface area contributed by atoms with Crippen LogP contribution in [0.15, 0.2) is 59.4 Å². The van der Waals surface area contributed by atoms with Crippen LogP contribution in [0.3, 0.4) is 0 Å². The van der Waals surface area contributed by atoms with Crippen LogP contribution in [0.1, 0.15) is 31.4 Å². The van der Waals surface area contributed by atoms with Crippen LogP contribution in [0, 0.1) is 6.92 Å². The Morgan fingerprint density at radius 2 is 1.88 bits per heavy atom. The number of fused-ring (bicyclic) bond motifs is 1. The van der Waals surface area contributed by atoms with Gasteiger partial charge in [-0.2, -0.15) is 9.61 Å². The predicted molar refractivity (Wildman–Crippen MR) is 118 cm³/mol. The molecule has 10 heteroatoms. The summed E-state index contributed by atoms with van der Waals surface area (Å²) in [4.78, 5) is 41.8. The highest BCUT2D eigenvalue weighted by molar-refractivity contribution is 7.16. The van der Waals surface area contributed by atoms with Gasteiger partial charge in [-0.05, 0) is 43.3 Å². The van der Waals surface area contributed by atoms with Crippen LogP contribution in [-0.4, -0.2) is 33.6 Å². The molecule has 4 rings (SSSR count). The van der Waals surface area contributed by atoms with Gasteiger partial charge in [0.15, 0.2) is 0 Å². The Labute approximate surface area is 186 Å². The summed E-state index contributed by atoms with van der Waals surface area (Å²) in [7, 11) is 1.52. The molecule has 0 bridgehead atoms. The minimum Gasteiger partial charge on any atom is -0.497 e. The number of amides is 1. The van der Waals surface area contributed by atoms with Gasteiger partial charge in [0.2, 0.25) is 4.96 Å². The molecule has 0 aliphatic carbocycles. The van der Waals surface area contributed by atoms with Crippen molar-refractivity contribution < 1.29 is 19.1 Å². The first-order valence-electron chi connectivity index (χ1n) is 9.52. The van der Waals surface area contributed by atoms with Crippen LogP contribution in [0.2, 0.25) is 0 Å². The summed E-state index contributed by atoms with van der Waals surface area (Å²) in [6.07, 6.45) is 0. The molecule has 162 valence electrons. The lowest BCUT2D eigenvalue weighted by atomic mass is 10.1. The number of hydrogen-bond donors (Lipinski definition) is 1. The van der Waals surface area contributed by atoms with Crippen LogP contribution in [0.4, 0.5) is 5.69 Å². The molecule has 2 aromatic heterocycles. The number of methoxy groups -OCH3 is 1. The van der Waals surface area contributed by atoms with Gasteiger partial charge >= 0.3 is 5.97 Å². The molecular formula is C22H18N4O5S. The molecule has 0 saturated heterocycles. The van der Waals surface area contributed by atoms with Gasteiger partial charge in [0.05, 0.1) is 18.4 Å². The molecular weight excluding hydrogens is 432 g/mol. The molecule has 9 nitrogen and oxygen atoms in total. The van der Waals surface area contributed by atoms with E-state index in [2.05, 4.69) is 15.4 Å². The van der Waals surface area contributed by atoms with Gasteiger partial charge in [-0.3, -0.25) is 9.59 Å². The number of anilines is 1. The molecule has 0 spiro atoms. The van der Waals surface area contributed by atoms with Crippen molar-refractivity contribution in [2.24, 2.45) is 0 Å². The van der Waals surface area contributed by atoms with Gasteiger partial charge < -0.3 is 14.8 Å². The number of ether oxygens (including phenoxy) is 2. The predicted octanol–water partition coefficient (Wildman–Crippen LogP) is 3.08. The van der Waals surface area contributed by atoms with Gasteiger partial charge in [-0.15, -0.1) is 0 Å². The van der Waals surface area contributed by atoms with Gasteiger partial charge in [-0.1, -0.05) is 23.5 Å². The number of esters is 1. The van der Waals surface area contributed by atoms with E-state index in [1.165, 1.54) is 35.1 Å². The van der Waals surface area contributed by atoms with E-state index in [9.17, 15) is 14.4 Å². The maximum atomic E-state index is 12.5. The monoisotopic (exact) mass is 450 g/mol. The summed E-state index contributed by atoms with van der Waals surface area (Å²) >= 11 is 1.27. The highest BCUT2D eigenvalue weighted by Gasteiger charge is 2.13. The lowest BCUT2D eigenvalue weighted by Gasteiger charge is -2.09. The fourth-order valence-corrected chi connectivity index (χ4v) is 3.71. The zero-order valence-electron chi connectivity index (χ0n) is 17.2. The van der Waals surface area contributed by atoms with Crippen LogP contribution < -0.4 is 15.6 Å². The summed E-state index contributed by atoms with van der Waals surface area (Å²) in [6.45, 7) is 1.61. The lowest BCUT2D eigenvalue weighted by molar-refractivity contribution is 0.0467. The number of aromatic nitrogens is 3. The highest BCUT2D eigenvalue weighted by Crippen LogP contribution is 2.17. The zero-order valence-corrected chi connectivity index (χ0v) is 18.0. The summed E-state index contributed by atoms with van der Waals surface area (Å²) < 4.78 is 11.6. The number of carbonyl (C=O) groups excluding carboxylic acids is 2. The maximum Gasteiger partial charge on any atom is 0.338 e. The Bertz CT molecular complexity index is 1380. The van der Waals surface area contributed by atoms with Crippen molar-refractivity contribution in [1.29, 1.82) is 0 Å². The molecule has 2 aromatic carbocycles. The molecule has 0 aliphatic heterocycles. The van der Waals surface area contributed by atoms with Crippen LogP contribution in [0.25, 0.3) is 4.96 Å². The number of nitrogens with zero attached hydrogens (tertiary/aromatic N) is 3. The second kappa shape index (κ2) is 8.98. The fourth-order valence-electron chi connectivity index (χ4n) is 2.94. The van der Waals surface area contributed by atoms with Crippen molar-refractivity contribution in [2.75, 3.05) is 12.4 Å². The average molecular weight is 450 g/mol. The van der Waals surface area contributed by atoms with Gasteiger partial charge in [-0.25, -0.2) is 9.78 Å². The van der Waals surface area contributed by atoms with Gasteiger partial charge in [0.1, 0.15) is 17.4 Å². The first-order chi connectivity index (χ1) is 15.4. The van der Waals surface area contributed by atoms with E-state index in [1.54, 1.807) is 49.4 Å². The molecule has 1 amide bonds. The van der Waals surface area contributed by atoms with Crippen molar-refractivity contribution in [3.63, 3.8) is 0 Å². The minimum atomic E-state index is -0.607. The van der Waals surface area contributed by atoms with E-state index in [4.69, 9.17) is 9.47 Å². The number of nitrogens with one attached hydrogen (secondary N) is 1. The quantitative estimate of drug-likeness (QED) is 0.449. The van der Waals surface area contributed by atoms with Crippen molar-refractivity contribution in [3.8, 4) is 5.75 Å². The summed E-state index contributed by atoms with van der Waals surface area (Å²) in [5, 5.41) is 7.52. The Morgan fingerprint density at radius 3 is 2.69 bits per heavy atom. The second-order valence-corrected chi connectivity index (χ2v) is 7.90. The third-order valence-electron chi connectivity index (χ3n) is 4.44. The summed E-state index contributed by atoms with van der Waals surface area (Å²) in [5.74, 6) is -0.382. The first kappa shape index (κ1) is 21.2. The van der Waals surface area contributed by atoms with E-state index in [0.29, 0.717) is 32.7 Å². The van der Waals surface area contributed by atoms with Gasteiger partial charge in [0.25, 0.3) is 11.5 Å². The molecule has 0 aliphatic rings. The number of rotatable bonds is 6. The Morgan fingerprint density at radius 1 is 1.09 bits per heavy atom. The SMILES string of the molecule is COc1cccc(C(=O)Nc2cccc(C(=O)OCc3cc(=O)n4nc(C)sc4n3)c2)c1. The number of aryl methyl sites for hydroxylation is 1. The van der Waals surface area contributed by atoms with E-state index in [0.717, 1.165) is 0 Å². The maximum absolute atomic E-state index is 12.5. The molecule has 4 aromatic rings. The molecule has 32 heavy (non-hydrogen) atoms. The molecule has 0 unspecified atom stereocenters. The average Bonchev–Trinajstić information content (AvgIpc) is 3.18. The van der Waals surface area contributed by atoms with E-state index >= 15 is 0 Å².